The van der Waals surface area contributed by atoms with Crippen LogP contribution < -0.4 is 10.1 Å². The first-order valence-corrected chi connectivity index (χ1v) is 14.5. The number of aliphatic carboxylic acids is 1. The number of rotatable bonds is 10. The highest BCUT2D eigenvalue weighted by molar-refractivity contribution is 5.99. The van der Waals surface area contributed by atoms with Gasteiger partial charge < -0.3 is 39.7 Å². The maximum atomic E-state index is 14.1. The largest absolute Gasteiger partial charge is 0.483 e. The maximum Gasteiger partial charge on any atom is 0.409 e. The number of piperazine rings is 1. The number of carbonyl (C=O) groups is 5. The smallest absolute Gasteiger partial charge is 0.409 e. The number of fused-ring (bicyclic) bond motifs is 1. The highest BCUT2D eigenvalue weighted by Crippen LogP contribution is 2.27. The summed E-state index contributed by atoms with van der Waals surface area (Å²) in [5.74, 6) is -3.36. The molecular weight excluding hydrogens is 581 g/mol. The van der Waals surface area contributed by atoms with Gasteiger partial charge in [0.05, 0.1) is 18.2 Å². The molecule has 2 aliphatic heterocycles. The van der Waals surface area contributed by atoms with E-state index in [0.717, 1.165) is 6.07 Å². The van der Waals surface area contributed by atoms with Crippen molar-refractivity contribution in [2.24, 2.45) is 0 Å². The van der Waals surface area contributed by atoms with Gasteiger partial charge in [-0.25, -0.2) is 14.2 Å². The Kier molecular flexibility index (Phi) is 10.9. The molecule has 1 atom stereocenters. The third-order valence-electron chi connectivity index (χ3n) is 7.50. The van der Waals surface area contributed by atoms with Gasteiger partial charge in [-0.05, 0) is 38.3 Å². The van der Waals surface area contributed by atoms with Gasteiger partial charge >= 0.3 is 12.1 Å². The topological polar surface area (TPSA) is 179 Å². The molecule has 3 heterocycles. The Morgan fingerprint density at radius 2 is 1.70 bits per heavy atom. The predicted molar refractivity (Wildman–Crippen MR) is 152 cm³/mol. The first-order chi connectivity index (χ1) is 21.0. The minimum absolute atomic E-state index is 0.0738. The van der Waals surface area contributed by atoms with E-state index in [1.165, 1.54) is 28.0 Å². The second-order valence-electron chi connectivity index (χ2n) is 10.5. The number of carbonyl (C=O) groups excluding carboxylic acids is 4. The summed E-state index contributed by atoms with van der Waals surface area (Å²) in [6, 6.07) is 3.75. The number of amides is 4. The molecule has 1 aromatic carbocycles. The van der Waals surface area contributed by atoms with E-state index < -0.39 is 48.3 Å². The van der Waals surface area contributed by atoms with Crippen molar-refractivity contribution < 1.29 is 48.0 Å². The minimum Gasteiger partial charge on any atom is -0.483 e. The number of nitrogens with zero attached hydrogens (tertiary/aromatic N) is 4. The summed E-state index contributed by atoms with van der Waals surface area (Å²) < 4.78 is 24.9. The molecule has 0 bridgehead atoms. The Bertz CT molecular complexity index is 1390. The molecule has 3 N–H and O–H groups in total. The van der Waals surface area contributed by atoms with E-state index >= 15 is 0 Å². The monoisotopic (exact) mass is 617 g/mol. The number of nitrogens with one attached hydrogen (secondary N) is 1. The van der Waals surface area contributed by atoms with Crippen molar-refractivity contribution in [1.82, 2.24) is 25.0 Å². The quantitative estimate of drug-likeness (QED) is 0.348. The van der Waals surface area contributed by atoms with Crippen LogP contribution in [0.15, 0.2) is 24.3 Å². The number of carboxylic acids is 1. The fraction of sp³-hybridized carbons (Fsp3) is 0.517. The summed E-state index contributed by atoms with van der Waals surface area (Å²) in [5, 5.41) is 21.9. The van der Waals surface area contributed by atoms with Gasteiger partial charge in [-0.15, -0.1) is 0 Å². The molecule has 1 aromatic heterocycles. The zero-order chi connectivity index (χ0) is 31.8. The van der Waals surface area contributed by atoms with E-state index in [2.05, 4.69) is 10.3 Å². The average Bonchev–Trinajstić information content (AvgIpc) is 3.01. The van der Waals surface area contributed by atoms with Crippen LogP contribution in [0.3, 0.4) is 0 Å². The second kappa shape index (κ2) is 14.8. The molecule has 0 spiro atoms. The van der Waals surface area contributed by atoms with Gasteiger partial charge in [0.25, 0.3) is 11.8 Å². The molecule has 0 saturated carbocycles. The standard InChI is InChI=1S/C29H36FN5O9/c1-2-43-29(42)35-13-11-34(12-14-35)28(41)21(5-6-26(38)39)32-27(40)23-16-24(20-4-3-18(30)15-22(20)31-23)44-17-25(37)33-9-7-19(36)8-10-33/h3-4,15-16,19,21,36H,2,5-14,17H2,1H3,(H,32,40)(H,38,39)/t21-/m0/s1. The average molecular weight is 618 g/mol. The van der Waals surface area contributed by atoms with Crippen molar-refractivity contribution in [2.45, 2.75) is 44.8 Å². The fourth-order valence-electron chi connectivity index (χ4n) is 5.05. The summed E-state index contributed by atoms with van der Waals surface area (Å²) in [4.78, 5) is 71.5. The number of benzene rings is 1. The SMILES string of the molecule is CCOC(=O)N1CCN(C(=O)[C@H](CCC(=O)O)NC(=O)c2cc(OCC(=O)N3CCC(O)CC3)c3ccc(F)cc3n2)CC1. The van der Waals surface area contributed by atoms with Crippen molar-refractivity contribution in [3.05, 3.63) is 35.8 Å². The van der Waals surface area contributed by atoms with Crippen molar-refractivity contribution in [3.63, 3.8) is 0 Å². The highest BCUT2D eigenvalue weighted by Gasteiger charge is 2.31. The number of aromatic nitrogens is 1. The molecular formula is C29H36FN5O9. The number of hydrogen-bond donors (Lipinski definition) is 3. The lowest BCUT2D eigenvalue weighted by molar-refractivity contribution is -0.138. The molecule has 44 heavy (non-hydrogen) atoms. The zero-order valence-electron chi connectivity index (χ0n) is 24.4. The molecule has 4 amide bonds. The Morgan fingerprint density at radius 1 is 1.02 bits per heavy atom. The second-order valence-corrected chi connectivity index (χ2v) is 10.5. The van der Waals surface area contributed by atoms with E-state index in [0.29, 0.717) is 31.3 Å². The number of hydrogen-bond acceptors (Lipinski definition) is 9. The maximum absolute atomic E-state index is 14.1. The molecule has 15 heteroatoms. The summed E-state index contributed by atoms with van der Waals surface area (Å²) in [5.41, 5.74) is -0.156. The lowest BCUT2D eigenvalue weighted by Crippen LogP contribution is -2.56. The van der Waals surface area contributed by atoms with Gasteiger partial charge in [0.1, 0.15) is 23.3 Å². The predicted octanol–water partition coefficient (Wildman–Crippen LogP) is 1.000. The molecule has 238 valence electrons. The molecule has 2 saturated heterocycles. The van der Waals surface area contributed by atoms with Crippen LogP contribution in [-0.4, -0.2) is 124 Å². The Morgan fingerprint density at radius 3 is 2.36 bits per heavy atom. The third-order valence-corrected chi connectivity index (χ3v) is 7.50. The normalized spacial score (nSPS) is 16.4. The van der Waals surface area contributed by atoms with Crippen LogP contribution in [0, 0.1) is 5.82 Å². The van der Waals surface area contributed by atoms with Crippen LogP contribution in [0.1, 0.15) is 43.1 Å². The molecule has 2 fully saturated rings. The minimum atomic E-state index is -1.22. The fourth-order valence-corrected chi connectivity index (χ4v) is 5.05. The summed E-state index contributed by atoms with van der Waals surface area (Å²) in [6.45, 7) is 3.02. The van der Waals surface area contributed by atoms with Crippen molar-refractivity contribution in [1.29, 1.82) is 0 Å². The molecule has 0 radical (unpaired) electrons. The molecule has 0 unspecified atom stereocenters. The van der Waals surface area contributed by atoms with E-state index in [4.69, 9.17) is 9.47 Å². The van der Waals surface area contributed by atoms with Crippen LogP contribution in [0.4, 0.5) is 9.18 Å². The highest BCUT2D eigenvalue weighted by atomic mass is 19.1. The number of likely N-dealkylation sites (tertiary alicyclic amines) is 1. The molecule has 14 nitrogen and oxygen atoms in total. The van der Waals surface area contributed by atoms with E-state index in [1.807, 2.05) is 0 Å². The molecule has 2 aromatic rings. The summed E-state index contributed by atoms with van der Waals surface area (Å²) >= 11 is 0. The number of aliphatic hydroxyl groups excluding tert-OH is 1. The molecule has 4 rings (SSSR count). The van der Waals surface area contributed by atoms with E-state index in [-0.39, 0.29) is 68.7 Å². The van der Waals surface area contributed by atoms with Gasteiger partial charge in [-0.3, -0.25) is 19.2 Å². The number of ether oxygens (including phenoxy) is 2. The first kappa shape index (κ1) is 32.4. The van der Waals surface area contributed by atoms with Crippen molar-refractivity contribution in [3.8, 4) is 5.75 Å². The van der Waals surface area contributed by atoms with Crippen LogP contribution in [0.2, 0.25) is 0 Å². The van der Waals surface area contributed by atoms with Crippen LogP contribution in [0.25, 0.3) is 10.9 Å². The number of piperidine rings is 1. The van der Waals surface area contributed by atoms with Gasteiger partial charge in [0.15, 0.2) is 6.61 Å². The summed E-state index contributed by atoms with van der Waals surface area (Å²) in [6.07, 6.45) is -0.654. The van der Waals surface area contributed by atoms with Crippen molar-refractivity contribution in [2.75, 3.05) is 52.5 Å². The Labute approximate surface area is 252 Å². The lowest BCUT2D eigenvalue weighted by atomic mass is 10.1. The van der Waals surface area contributed by atoms with E-state index in [9.17, 15) is 38.6 Å². The van der Waals surface area contributed by atoms with Gasteiger partial charge in [-0.2, -0.15) is 0 Å². The van der Waals surface area contributed by atoms with Crippen LogP contribution in [0.5, 0.6) is 5.75 Å². The molecule has 0 aliphatic carbocycles. The van der Waals surface area contributed by atoms with Crippen molar-refractivity contribution >= 4 is 40.7 Å². The Balaban J connectivity index is 1.50. The van der Waals surface area contributed by atoms with Crippen LogP contribution in [-0.2, 0) is 19.1 Å². The first-order valence-electron chi connectivity index (χ1n) is 14.5. The van der Waals surface area contributed by atoms with Gasteiger partial charge in [0.2, 0.25) is 5.91 Å². The van der Waals surface area contributed by atoms with Gasteiger partial charge in [-0.1, -0.05) is 0 Å². The number of carboxylic acid groups (broad SMARTS) is 1. The lowest BCUT2D eigenvalue weighted by Gasteiger charge is -2.35. The Hall–Kier alpha value is -4.53. The third kappa shape index (κ3) is 8.30. The zero-order valence-corrected chi connectivity index (χ0v) is 24.4. The number of aliphatic hydroxyl groups is 1. The number of halogens is 1. The van der Waals surface area contributed by atoms with E-state index in [1.54, 1.807) is 11.8 Å². The summed E-state index contributed by atoms with van der Waals surface area (Å²) in [7, 11) is 0. The van der Waals surface area contributed by atoms with Crippen LogP contribution >= 0.6 is 0 Å². The van der Waals surface area contributed by atoms with Gasteiger partial charge in [0, 0.05) is 63.2 Å². The molecule has 2 aliphatic rings. The number of pyridine rings is 1.